The second-order valence-electron chi connectivity index (χ2n) is 7.47. The number of ether oxygens (including phenoxy) is 1. The number of carbonyl (C=O) groups excluding carboxylic acids is 1. The molecule has 2 fully saturated rings. The van der Waals surface area contributed by atoms with Gasteiger partial charge in [0.25, 0.3) is 5.91 Å². The number of nitrogens with zero attached hydrogens (tertiary/aromatic N) is 4. The van der Waals surface area contributed by atoms with Gasteiger partial charge in [0.05, 0.1) is 18.9 Å². The Morgan fingerprint density at radius 2 is 1.96 bits per heavy atom. The molecule has 2 aliphatic heterocycles. The molecular formula is C20H28N4O3. The average molecular weight is 372 g/mol. The molecular weight excluding hydrogens is 344 g/mol. The van der Waals surface area contributed by atoms with Gasteiger partial charge in [-0.1, -0.05) is 6.07 Å². The summed E-state index contributed by atoms with van der Waals surface area (Å²) in [5.41, 5.74) is 2.36. The molecule has 146 valence electrons. The molecule has 0 spiro atoms. The standard InChI is InChI=1S/C20H28N4O3/c25-12-6-16-4-8-22(9-5-16)15-17-19(20(26)23-10-13-27-14-11-23)21-18-3-1-2-7-24(17)18/h1-3,7,16,25H,4-6,8-15H2. The molecule has 0 radical (unpaired) electrons. The highest BCUT2D eigenvalue weighted by molar-refractivity contribution is 5.94. The van der Waals surface area contributed by atoms with Crippen molar-refractivity contribution in [3.8, 4) is 0 Å². The molecule has 0 atom stereocenters. The van der Waals surface area contributed by atoms with Gasteiger partial charge in [-0.2, -0.15) is 0 Å². The number of aliphatic hydroxyl groups excluding tert-OH is 1. The van der Waals surface area contributed by atoms with E-state index in [1.165, 1.54) is 0 Å². The normalized spacial score (nSPS) is 19.7. The Kier molecular flexibility index (Phi) is 5.71. The summed E-state index contributed by atoms with van der Waals surface area (Å²) in [5, 5.41) is 9.16. The lowest BCUT2D eigenvalue weighted by Crippen LogP contribution is -2.41. The fourth-order valence-electron chi connectivity index (χ4n) is 4.11. The van der Waals surface area contributed by atoms with Crippen LogP contribution in [-0.4, -0.2) is 76.2 Å². The summed E-state index contributed by atoms with van der Waals surface area (Å²) < 4.78 is 7.43. The Morgan fingerprint density at radius 3 is 2.70 bits per heavy atom. The van der Waals surface area contributed by atoms with E-state index in [1.807, 2.05) is 33.7 Å². The minimum absolute atomic E-state index is 0.00664. The molecule has 2 aromatic heterocycles. The number of hydrogen-bond donors (Lipinski definition) is 1. The third-order valence-electron chi connectivity index (χ3n) is 5.75. The van der Waals surface area contributed by atoms with E-state index in [0.717, 1.165) is 50.2 Å². The number of carbonyl (C=O) groups is 1. The van der Waals surface area contributed by atoms with Gasteiger partial charge in [0.2, 0.25) is 0 Å². The van der Waals surface area contributed by atoms with Crippen LogP contribution in [0.25, 0.3) is 5.65 Å². The maximum atomic E-state index is 13.1. The highest BCUT2D eigenvalue weighted by atomic mass is 16.5. The highest BCUT2D eigenvalue weighted by Crippen LogP contribution is 2.23. The Morgan fingerprint density at radius 1 is 1.19 bits per heavy atom. The molecule has 7 nitrogen and oxygen atoms in total. The largest absolute Gasteiger partial charge is 0.396 e. The summed E-state index contributed by atoms with van der Waals surface area (Å²) in [7, 11) is 0. The monoisotopic (exact) mass is 372 g/mol. The number of likely N-dealkylation sites (tertiary alicyclic amines) is 1. The lowest BCUT2D eigenvalue weighted by molar-refractivity contribution is 0.0297. The van der Waals surface area contributed by atoms with Crippen molar-refractivity contribution in [1.82, 2.24) is 19.2 Å². The van der Waals surface area contributed by atoms with Crippen molar-refractivity contribution < 1.29 is 14.6 Å². The van der Waals surface area contributed by atoms with Crippen LogP contribution < -0.4 is 0 Å². The Bertz CT molecular complexity index is 777. The SMILES string of the molecule is O=C(c1nc2ccccn2c1CN1CCC(CCO)CC1)N1CCOCC1. The van der Waals surface area contributed by atoms with Crippen molar-refractivity contribution in [1.29, 1.82) is 0 Å². The van der Waals surface area contributed by atoms with Crippen LogP contribution in [-0.2, 0) is 11.3 Å². The summed E-state index contributed by atoms with van der Waals surface area (Å²) in [6, 6.07) is 5.89. The van der Waals surface area contributed by atoms with E-state index < -0.39 is 0 Å². The minimum atomic E-state index is 0.00664. The molecule has 0 unspecified atom stereocenters. The molecule has 4 heterocycles. The fraction of sp³-hybridized carbons (Fsp3) is 0.600. The number of amides is 1. The van der Waals surface area contributed by atoms with E-state index in [-0.39, 0.29) is 12.5 Å². The number of morpholine rings is 1. The van der Waals surface area contributed by atoms with Crippen molar-refractivity contribution >= 4 is 11.6 Å². The molecule has 2 saturated heterocycles. The fourth-order valence-corrected chi connectivity index (χ4v) is 4.11. The van der Waals surface area contributed by atoms with Crippen molar-refractivity contribution in [2.45, 2.75) is 25.8 Å². The number of pyridine rings is 1. The van der Waals surface area contributed by atoms with Crippen LogP contribution in [0, 0.1) is 5.92 Å². The number of aliphatic hydroxyl groups is 1. The van der Waals surface area contributed by atoms with E-state index in [0.29, 0.717) is 37.9 Å². The van der Waals surface area contributed by atoms with E-state index in [4.69, 9.17) is 9.84 Å². The van der Waals surface area contributed by atoms with Gasteiger partial charge in [0, 0.05) is 32.4 Å². The van der Waals surface area contributed by atoms with Crippen LogP contribution >= 0.6 is 0 Å². The molecule has 27 heavy (non-hydrogen) atoms. The predicted octanol–water partition coefficient (Wildman–Crippen LogP) is 1.40. The minimum Gasteiger partial charge on any atom is -0.396 e. The van der Waals surface area contributed by atoms with Gasteiger partial charge >= 0.3 is 0 Å². The van der Waals surface area contributed by atoms with Crippen molar-refractivity contribution in [2.24, 2.45) is 5.92 Å². The van der Waals surface area contributed by atoms with Gasteiger partial charge in [0.15, 0.2) is 5.69 Å². The zero-order valence-electron chi connectivity index (χ0n) is 15.7. The van der Waals surface area contributed by atoms with Crippen LogP contribution in [0.5, 0.6) is 0 Å². The summed E-state index contributed by atoms with van der Waals surface area (Å²) >= 11 is 0. The third-order valence-corrected chi connectivity index (χ3v) is 5.75. The average Bonchev–Trinajstić information content (AvgIpc) is 3.08. The second kappa shape index (κ2) is 8.37. The predicted molar refractivity (Wildman–Crippen MR) is 102 cm³/mol. The molecule has 7 heteroatoms. The van der Waals surface area contributed by atoms with Crippen LogP contribution in [0.1, 0.15) is 35.4 Å². The lowest BCUT2D eigenvalue weighted by Gasteiger charge is -2.32. The van der Waals surface area contributed by atoms with Gasteiger partial charge in [-0.15, -0.1) is 0 Å². The molecule has 0 aliphatic carbocycles. The Balaban J connectivity index is 1.56. The molecule has 1 N–H and O–H groups in total. The molecule has 2 aliphatic rings. The molecule has 4 rings (SSSR count). The zero-order chi connectivity index (χ0) is 18.6. The van der Waals surface area contributed by atoms with Gasteiger partial charge in [-0.05, 0) is 50.4 Å². The molecule has 0 saturated carbocycles. The molecule has 2 aromatic rings. The first kappa shape index (κ1) is 18.4. The number of rotatable bonds is 5. The Hall–Kier alpha value is -1.96. The maximum absolute atomic E-state index is 13.1. The van der Waals surface area contributed by atoms with E-state index in [1.54, 1.807) is 0 Å². The second-order valence-corrected chi connectivity index (χ2v) is 7.47. The highest BCUT2D eigenvalue weighted by Gasteiger charge is 2.27. The number of fused-ring (bicyclic) bond motifs is 1. The smallest absolute Gasteiger partial charge is 0.274 e. The maximum Gasteiger partial charge on any atom is 0.274 e. The summed E-state index contributed by atoms with van der Waals surface area (Å²) in [6.07, 6.45) is 5.09. The number of aromatic nitrogens is 2. The first-order valence-electron chi connectivity index (χ1n) is 9.92. The van der Waals surface area contributed by atoms with Gasteiger partial charge in [0.1, 0.15) is 5.65 Å². The topological polar surface area (TPSA) is 70.3 Å². The van der Waals surface area contributed by atoms with Crippen molar-refractivity contribution in [2.75, 3.05) is 46.0 Å². The quantitative estimate of drug-likeness (QED) is 0.859. The van der Waals surface area contributed by atoms with Gasteiger partial charge in [-0.3, -0.25) is 9.69 Å². The van der Waals surface area contributed by atoms with Gasteiger partial charge in [-0.25, -0.2) is 4.98 Å². The zero-order valence-corrected chi connectivity index (χ0v) is 15.7. The first-order chi connectivity index (χ1) is 13.3. The first-order valence-corrected chi connectivity index (χ1v) is 9.92. The van der Waals surface area contributed by atoms with E-state index >= 15 is 0 Å². The van der Waals surface area contributed by atoms with Crippen LogP contribution in [0.3, 0.4) is 0 Å². The van der Waals surface area contributed by atoms with Crippen LogP contribution in [0.4, 0.5) is 0 Å². The lowest BCUT2D eigenvalue weighted by atomic mass is 9.94. The molecule has 1 amide bonds. The van der Waals surface area contributed by atoms with Crippen LogP contribution in [0.15, 0.2) is 24.4 Å². The number of imidazole rings is 1. The number of piperidine rings is 1. The van der Waals surface area contributed by atoms with E-state index in [2.05, 4.69) is 9.88 Å². The van der Waals surface area contributed by atoms with E-state index in [9.17, 15) is 4.79 Å². The molecule has 0 bridgehead atoms. The van der Waals surface area contributed by atoms with Crippen molar-refractivity contribution in [3.63, 3.8) is 0 Å². The number of hydrogen-bond acceptors (Lipinski definition) is 5. The van der Waals surface area contributed by atoms with Crippen LogP contribution in [0.2, 0.25) is 0 Å². The molecule has 0 aromatic carbocycles. The summed E-state index contributed by atoms with van der Waals surface area (Å²) in [5.74, 6) is 0.620. The summed E-state index contributed by atoms with van der Waals surface area (Å²) in [6.45, 7) is 5.42. The Labute approximate surface area is 159 Å². The van der Waals surface area contributed by atoms with Gasteiger partial charge < -0.3 is 19.1 Å². The van der Waals surface area contributed by atoms with Crippen molar-refractivity contribution in [3.05, 3.63) is 35.8 Å². The third kappa shape index (κ3) is 4.00. The summed E-state index contributed by atoms with van der Waals surface area (Å²) in [4.78, 5) is 22.0.